The number of fused-ring (bicyclic) bond motifs is 6. The summed E-state index contributed by atoms with van der Waals surface area (Å²) in [6.07, 6.45) is -0.506. The highest BCUT2D eigenvalue weighted by molar-refractivity contribution is 7.23. The highest BCUT2D eigenvalue weighted by atomic mass is 32.1. The average molecular weight is 642 g/mol. The lowest BCUT2D eigenvalue weighted by atomic mass is 9.93. The van der Waals surface area contributed by atoms with E-state index in [9.17, 15) is 9.65 Å². The maximum Gasteiger partial charge on any atom is 0.405 e. The smallest absolute Gasteiger partial charge is 0.405 e. The fourth-order valence-corrected chi connectivity index (χ4v) is 7.76. The van der Waals surface area contributed by atoms with Gasteiger partial charge in [0.25, 0.3) is 0 Å². The van der Waals surface area contributed by atoms with Gasteiger partial charge in [0.05, 0.1) is 54.0 Å². The van der Waals surface area contributed by atoms with Gasteiger partial charge < -0.3 is 40.2 Å². The van der Waals surface area contributed by atoms with E-state index in [1.54, 1.807) is 6.92 Å². The Morgan fingerprint density at radius 2 is 1.89 bits per heavy atom. The van der Waals surface area contributed by atoms with E-state index >= 15 is 4.39 Å². The molecular weight excluding hydrogens is 612 g/mol. The molecule has 2 unspecified atom stereocenters. The number of thiophene rings is 1. The summed E-state index contributed by atoms with van der Waals surface area (Å²) in [5, 5.41) is 37.8. The van der Waals surface area contributed by atoms with Crippen LogP contribution < -0.4 is 15.4 Å². The van der Waals surface area contributed by atoms with E-state index in [0.717, 1.165) is 30.4 Å². The quantitative estimate of drug-likeness (QED) is 0.206. The number of pyridine rings is 1. The first-order valence-electron chi connectivity index (χ1n) is 14.4. The third-order valence-electron chi connectivity index (χ3n) is 8.58. The summed E-state index contributed by atoms with van der Waals surface area (Å²) in [5.74, 6) is -0.848. The molecule has 0 saturated carbocycles. The molecule has 1 aromatic carbocycles. The van der Waals surface area contributed by atoms with Crippen LogP contribution >= 0.6 is 11.3 Å². The molecule has 2 atom stereocenters. The Kier molecular flexibility index (Phi) is 7.44. The number of aliphatic hydroxyl groups is 3. The minimum Gasteiger partial charge on any atom is -0.464 e. The Bertz CT molecular complexity index is 1860. The van der Waals surface area contributed by atoms with Crippen LogP contribution in [0.1, 0.15) is 36.5 Å². The molecule has 45 heavy (non-hydrogen) atoms. The van der Waals surface area contributed by atoms with Gasteiger partial charge in [-0.05, 0) is 30.9 Å². The largest absolute Gasteiger partial charge is 0.464 e. The summed E-state index contributed by atoms with van der Waals surface area (Å²) < 4.78 is 48.2. The van der Waals surface area contributed by atoms with Crippen LogP contribution in [0.4, 0.5) is 19.6 Å². The zero-order valence-electron chi connectivity index (χ0n) is 24.1. The minimum absolute atomic E-state index is 0.00109. The summed E-state index contributed by atoms with van der Waals surface area (Å²) in [6, 6.07) is 2.00. The number of nitrogen functional groups attached to an aromatic ring is 1. The second-order valence-corrected chi connectivity index (χ2v) is 12.3. The lowest BCUT2D eigenvalue weighted by Crippen LogP contribution is -2.55. The van der Waals surface area contributed by atoms with Crippen LogP contribution in [0.2, 0.25) is 0 Å². The van der Waals surface area contributed by atoms with Crippen LogP contribution in [0, 0.1) is 23.0 Å². The number of halogens is 2. The van der Waals surface area contributed by atoms with Crippen LogP contribution in [0.25, 0.3) is 32.2 Å². The molecule has 0 spiro atoms. The van der Waals surface area contributed by atoms with Gasteiger partial charge in [0.15, 0.2) is 11.6 Å². The van der Waals surface area contributed by atoms with Crippen LogP contribution in [0.15, 0.2) is 6.20 Å². The lowest BCUT2D eigenvalue weighted by Gasteiger charge is -2.42. The fraction of sp³-hybridized carbons (Fsp3) is 0.448. The van der Waals surface area contributed by atoms with E-state index in [0.29, 0.717) is 42.0 Å². The number of rotatable bonds is 8. The van der Waals surface area contributed by atoms with Crippen molar-refractivity contribution in [3.63, 3.8) is 0 Å². The molecule has 3 aliphatic rings. The number of hydrogen-bond acceptors (Lipinski definition) is 14. The minimum atomic E-state index is -3.19. The molecular formula is C29H29F2N7O6S. The van der Waals surface area contributed by atoms with E-state index in [-0.39, 0.29) is 81.9 Å². The summed E-state index contributed by atoms with van der Waals surface area (Å²) >= 11 is 0.911. The van der Waals surface area contributed by atoms with Crippen LogP contribution in [0.3, 0.4) is 0 Å². The van der Waals surface area contributed by atoms with Gasteiger partial charge in [-0.15, -0.1) is 11.3 Å². The van der Waals surface area contributed by atoms with Gasteiger partial charge in [0.1, 0.15) is 22.4 Å². The average Bonchev–Trinajstić information content (AvgIpc) is 3.67. The Morgan fingerprint density at radius 3 is 2.58 bits per heavy atom. The first-order chi connectivity index (χ1) is 21.6. The van der Waals surface area contributed by atoms with Crippen molar-refractivity contribution >= 4 is 43.1 Å². The third-order valence-corrected chi connectivity index (χ3v) is 9.61. The summed E-state index contributed by atoms with van der Waals surface area (Å²) in [4.78, 5) is 17.9. The highest BCUT2D eigenvalue weighted by Gasteiger charge is 2.43. The first kappa shape index (κ1) is 29.9. The highest BCUT2D eigenvalue weighted by Crippen LogP contribution is 2.48. The van der Waals surface area contributed by atoms with Gasteiger partial charge >= 0.3 is 12.2 Å². The maximum atomic E-state index is 17.0. The van der Waals surface area contributed by atoms with Gasteiger partial charge in [-0.2, -0.15) is 15.2 Å². The number of piperazine rings is 1. The molecule has 6 heterocycles. The van der Waals surface area contributed by atoms with E-state index in [1.807, 2.05) is 6.07 Å². The van der Waals surface area contributed by atoms with Crippen molar-refractivity contribution < 1.29 is 38.3 Å². The predicted octanol–water partition coefficient (Wildman–Crippen LogP) is 2.33. The van der Waals surface area contributed by atoms with E-state index in [4.69, 9.17) is 35.5 Å². The number of nitrogens with zero attached hydrogens (tertiary/aromatic N) is 6. The third kappa shape index (κ3) is 5.00. The molecule has 0 aliphatic carbocycles. The number of likely N-dealkylation sites (tertiary alicyclic amines) is 1. The topological polar surface area (TPSA) is 183 Å². The number of ether oxygens (including phenoxy) is 3. The molecule has 3 aliphatic heterocycles. The molecule has 4 aromatic rings. The Hall–Kier alpha value is -3.82. The van der Waals surface area contributed by atoms with E-state index in [1.165, 1.54) is 0 Å². The molecule has 3 aromatic heterocycles. The van der Waals surface area contributed by atoms with Gasteiger partial charge in [-0.25, -0.2) is 8.78 Å². The van der Waals surface area contributed by atoms with Crippen molar-refractivity contribution in [2.24, 2.45) is 0 Å². The zero-order chi connectivity index (χ0) is 31.6. The van der Waals surface area contributed by atoms with E-state index < -0.39 is 17.8 Å². The molecule has 7 rings (SSSR count). The van der Waals surface area contributed by atoms with Crippen molar-refractivity contribution in [1.29, 1.82) is 5.26 Å². The Labute approximate surface area is 259 Å². The van der Waals surface area contributed by atoms with Crippen molar-refractivity contribution in [2.75, 3.05) is 43.5 Å². The number of nitriles is 1. The molecule has 5 N–H and O–H groups in total. The summed E-state index contributed by atoms with van der Waals surface area (Å²) in [5.41, 5.74) is 7.46. The summed E-state index contributed by atoms with van der Waals surface area (Å²) in [7, 11) is 0. The number of nitrogens with two attached hydrogens (primary N) is 1. The second-order valence-electron chi connectivity index (χ2n) is 11.2. The first-order valence-corrected chi connectivity index (χ1v) is 15.2. The van der Waals surface area contributed by atoms with Crippen molar-refractivity contribution in [3.05, 3.63) is 34.5 Å². The lowest BCUT2D eigenvalue weighted by molar-refractivity contribution is -0.454. The molecule has 236 valence electrons. The Morgan fingerprint density at radius 1 is 1.16 bits per heavy atom. The zero-order valence-corrected chi connectivity index (χ0v) is 24.9. The molecule has 0 radical (unpaired) electrons. The molecule has 2 saturated heterocycles. The van der Waals surface area contributed by atoms with Crippen LogP contribution in [-0.2, 0) is 22.7 Å². The fourth-order valence-electron chi connectivity index (χ4n) is 6.84. The second kappa shape index (κ2) is 11.2. The molecule has 2 bridgehead atoms. The molecule has 0 amide bonds. The van der Waals surface area contributed by atoms with Gasteiger partial charge in [-0.1, -0.05) is 0 Å². The number of aromatic nitrogens is 3. The van der Waals surface area contributed by atoms with Gasteiger partial charge in [0.2, 0.25) is 0 Å². The molecule has 16 heteroatoms. The molecule has 13 nitrogen and oxygen atoms in total. The normalized spacial score (nSPS) is 19.9. The molecule has 2 fully saturated rings. The van der Waals surface area contributed by atoms with Crippen molar-refractivity contribution in [2.45, 2.75) is 51.2 Å². The standard InChI is InChI=1S/C29H29F2N7O6S/c1-2-43-28-35-24-21(27(36-28)38-13-3-4-14(38)10-37(9-13)5-6-44-29(39,40)41)17-12-42-11-16(17)19(22(24)31)23-20-15(7-32)26(33)45-25(20)18(30)8-34-23/h8,13-14,39-41H,2-6,9-12,33H2,1H3. The van der Waals surface area contributed by atoms with Crippen LogP contribution in [-0.4, -0.2) is 86.3 Å². The number of anilines is 2. The maximum absolute atomic E-state index is 17.0. The van der Waals surface area contributed by atoms with E-state index in [2.05, 4.69) is 24.5 Å². The van der Waals surface area contributed by atoms with Gasteiger partial charge in [-0.3, -0.25) is 9.88 Å². The van der Waals surface area contributed by atoms with Gasteiger partial charge in [0, 0.05) is 42.7 Å². The van der Waals surface area contributed by atoms with Crippen molar-refractivity contribution in [3.8, 4) is 23.3 Å². The Balaban J connectivity index is 1.38. The predicted molar refractivity (Wildman–Crippen MR) is 158 cm³/mol. The number of hydrogen-bond donors (Lipinski definition) is 4. The monoisotopic (exact) mass is 641 g/mol. The van der Waals surface area contributed by atoms with Crippen LogP contribution in [0.5, 0.6) is 6.01 Å². The SMILES string of the molecule is CCOc1nc(N2C3CCC2CN(CCOC(O)(O)O)C3)c2c3c(c(-c4ncc(F)c5sc(N)c(C#N)c45)c(F)c2n1)COC3. The summed E-state index contributed by atoms with van der Waals surface area (Å²) in [6.45, 7) is 3.69. The number of benzene rings is 1. The van der Waals surface area contributed by atoms with Crippen molar-refractivity contribution in [1.82, 2.24) is 19.9 Å².